The summed E-state index contributed by atoms with van der Waals surface area (Å²) in [5.74, 6) is 0. The third-order valence-electron chi connectivity index (χ3n) is 1.02. The lowest BCUT2D eigenvalue weighted by Crippen LogP contribution is -2.03. The Hall–Kier alpha value is -0.720. The lowest BCUT2D eigenvalue weighted by Gasteiger charge is -1.98. The molecule has 0 aromatic heterocycles. The van der Waals surface area contributed by atoms with E-state index in [9.17, 15) is 0 Å². The van der Waals surface area contributed by atoms with Crippen molar-refractivity contribution in [2.24, 2.45) is 0 Å². The van der Waals surface area contributed by atoms with Gasteiger partial charge in [0, 0.05) is 12.7 Å². The van der Waals surface area contributed by atoms with Gasteiger partial charge >= 0.3 is 0 Å². The first-order chi connectivity index (χ1) is 4.85. The molecule has 0 saturated heterocycles. The van der Waals surface area contributed by atoms with E-state index in [1.54, 1.807) is 6.08 Å². The second-order valence-electron chi connectivity index (χ2n) is 1.53. The molecule has 0 saturated carbocycles. The molecule has 0 fully saturated rings. The number of rotatable bonds is 3. The van der Waals surface area contributed by atoms with Crippen molar-refractivity contribution in [1.82, 2.24) is 5.32 Å². The molecule has 0 bridgehead atoms. The molecule has 0 aromatic rings. The fraction of sp³-hybridized carbons (Fsp3) is 0.556. The average Bonchev–Trinajstić information content (AvgIpc) is 2.04. The van der Waals surface area contributed by atoms with Gasteiger partial charge in [0.2, 0.25) is 0 Å². The molecule has 1 N–H and O–H groups in total. The smallest absolute Gasteiger partial charge is 0.0101 e. The summed E-state index contributed by atoms with van der Waals surface area (Å²) in [7, 11) is 1.92. The van der Waals surface area contributed by atoms with Crippen LogP contribution in [-0.2, 0) is 0 Å². The molecule has 1 heteroatoms. The molecular formula is C9H19N. The van der Waals surface area contributed by atoms with Crippen LogP contribution < -0.4 is 5.32 Å². The van der Waals surface area contributed by atoms with Gasteiger partial charge in [-0.25, -0.2) is 0 Å². The summed E-state index contributed by atoms with van der Waals surface area (Å²) in [6.07, 6.45) is 4.80. The van der Waals surface area contributed by atoms with Gasteiger partial charge in [-0.05, 0) is 12.5 Å². The van der Waals surface area contributed by atoms with Crippen LogP contribution in [0.1, 0.15) is 27.2 Å². The Morgan fingerprint density at radius 1 is 1.50 bits per heavy atom. The molecule has 0 heterocycles. The molecule has 0 aliphatic heterocycles. The van der Waals surface area contributed by atoms with Crippen molar-refractivity contribution in [3.63, 3.8) is 0 Å². The SMILES string of the molecule is C=C/C=C(\CC)NC.CC. The standard InChI is InChI=1S/C7H13N.C2H6/c1-4-6-7(5-2)8-3;1-2/h4,6,8H,1,5H2,2-3H3;1-2H3/b7-6+;. The predicted molar refractivity (Wildman–Crippen MR) is 49.0 cm³/mol. The van der Waals surface area contributed by atoms with Gasteiger partial charge in [0.15, 0.2) is 0 Å². The molecule has 60 valence electrons. The van der Waals surface area contributed by atoms with Crippen LogP contribution in [0.4, 0.5) is 0 Å². The molecule has 0 aliphatic carbocycles. The van der Waals surface area contributed by atoms with Crippen LogP contribution in [0.15, 0.2) is 24.4 Å². The normalized spacial score (nSPS) is 9.40. The molecule has 10 heavy (non-hydrogen) atoms. The fourth-order valence-corrected chi connectivity index (χ4v) is 0.520. The fourth-order valence-electron chi connectivity index (χ4n) is 0.520. The molecule has 0 amide bonds. The highest BCUT2D eigenvalue weighted by molar-refractivity contribution is 5.07. The number of allylic oxidation sites excluding steroid dienone is 3. The zero-order valence-electron chi connectivity index (χ0n) is 7.57. The Labute approximate surface area is 64.8 Å². The van der Waals surface area contributed by atoms with Crippen LogP contribution in [0.3, 0.4) is 0 Å². The third kappa shape index (κ3) is 7.28. The van der Waals surface area contributed by atoms with E-state index >= 15 is 0 Å². The van der Waals surface area contributed by atoms with Crippen LogP contribution in [-0.4, -0.2) is 7.05 Å². The van der Waals surface area contributed by atoms with E-state index in [4.69, 9.17) is 0 Å². The quantitative estimate of drug-likeness (QED) is 0.596. The Balaban J connectivity index is 0. The lowest BCUT2D eigenvalue weighted by atomic mass is 10.3. The van der Waals surface area contributed by atoms with Crippen LogP contribution in [0.25, 0.3) is 0 Å². The zero-order valence-corrected chi connectivity index (χ0v) is 7.57. The van der Waals surface area contributed by atoms with Crippen molar-refractivity contribution in [3.8, 4) is 0 Å². The first-order valence-electron chi connectivity index (χ1n) is 3.84. The maximum Gasteiger partial charge on any atom is 0.0101 e. The highest BCUT2D eigenvalue weighted by atomic mass is 14.8. The highest BCUT2D eigenvalue weighted by Crippen LogP contribution is 1.92. The Kier molecular flexibility index (Phi) is 13.4. The van der Waals surface area contributed by atoms with Gasteiger partial charge in [-0.3, -0.25) is 0 Å². The van der Waals surface area contributed by atoms with Gasteiger partial charge < -0.3 is 5.32 Å². The van der Waals surface area contributed by atoms with Crippen molar-refractivity contribution in [3.05, 3.63) is 24.4 Å². The summed E-state index contributed by atoms with van der Waals surface area (Å²) < 4.78 is 0. The summed E-state index contributed by atoms with van der Waals surface area (Å²) in [4.78, 5) is 0. The first-order valence-corrected chi connectivity index (χ1v) is 3.84. The molecule has 0 rings (SSSR count). The van der Waals surface area contributed by atoms with Crippen molar-refractivity contribution in [1.29, 1.82) is 0 Å². The minimum absolute atomic E-state index is 1.04. The van der Waals surface area contributed by atoms with Gasteiger partial charge in [-0.15, -0.1) is 0 Å². The summed E-state index contributed by atoms with van der Waals surface area (Å²) >= 11 is 0. The van der Waals surface area contributed by atoms with Crippen molar-refractivity contribution >= 4 is 0 Å². The average molecular weight is 141 g/mol. The molecule has 0 unspecified atom stereocenters. The van der Waals surface area contributed by atoms with E-state index in [2.05, 4.69) is 18.8 Å². The molecule has 0 aromatic carbocycles. The molecular weight excluding hydrogens is 122 g/mol. The van der Waals surface area contributed by atoms with Gasteiger partial charge in [0.25, 0.3) is 0 Å². The lowest BCUT2D eigenvalue weighted by molar-refractivity contribution is 0.901. The summed E-state index contributed by atoms with van der Waals surface area (Å²) in [6, 6.07) is 0. The van der Waals surface area contributed by atoms with E-state index in [1.807, 2.05) is 27.0 Å². The van der Waals surface area contributed by atoms with E-state index in [-0.39, 0.29) is 0 Å². The Bertz CT molecular complexity index is 86.9. The minimum atomic E-state index is 1.04. The maximum absolute atomic E-state index is 3.58. The highest BCUT2D eigenvalue weighted by Gasteiger charge is 1.81. The zero-order chi connectivity index (χ0) is 8.41. The van der Waals surface area contributed by atoms with Crippen LogP contribution in [0.2, 0.25) is 0 Å². The Morgan fingerprint density at radius 2 is 2.00 bits per heavy atom. The largest absolute Gasteiger partial charge is 0.391 e. The monoisotopic (exact) mass is 141 g/mol. The van der Waals surface area contributed by atoms with Gasteiger partial charge in [0.1, 0.15) is 0 Å². The Morgan fingerprint density at radius 3 is 2.10 bits per heavy atom. The van der Waals surface area contributed by atoms with E-state index in [1.165, 1.54) is 5.70 Å². The molecule has 0 aliphatic rings. The third-order valence-corrected chi connectivity index (χ3v) is 1.02. The summed E-state index contributed by atoms with van der Waals surface area (Å²) in [6.45, 7) is 9.68. The van der Waals surface area contributed by atoms with E-state index in [0.717, 1.165) is 6.42 Å². The van der Waals surface area contributed by atoms with Crippen molar-refractivity contribution in [2.75, 3.05) is 7.05 Å². The second kappa shape index (κ2) is 11.1. The summed E-state index contributed by atoms with van der Waals surface area (Å²) in [5, 5.41) is 3.04. The molecule has 0 radical (unpaired) electrons. The second-order valence-corrected chi connectivity index (χ2v) is 1.53. The number of hydrogen-bond acceptors (Lipinski definition) is 1. The van der Waals surface area contributed by atoms with E-state index in [0.29, 0.717) is 0 Å². The molecule has 0 atom stereocenters. The van der Waals surface area contributed by atoms with Gasteiger partial charge in [0.05, 0.1) is 0 Å². The number of hydrogen-bond donors (Lipinski definition) is 1. The van der Waals surface area contributed by atoms with Crippen molar-refractivity contribution < 1.29 is 0 Å². The number of nitrogens with one attached hydrogen (secondary N) is 1. The van der Waals surface area contributed by atoms with Crippen LogP contribution >= 0.6 is 0 Å². The van der Waals surface area contributed by atoms with Crippen molar-refractivity contribution in [2.45, 2.75) is 27.2 Å². The van der Waals surface area contributed by atoms with Gasteiger partial charge in [-0.2, -0.15) is 0 Å². The predicted octanol–water partition coefficient (Wildman–Crippen LogP) is 2.71. The first kappa shape index (κ1) is 12.0. The van der Waals surface area contributed by atoms with Crippen LogP contribution in [0, 0.1) is 0 Å². The van der Waals surface area contributed by atoms with Gasteiger partial charge in [-0.1, -0.05) is 33.4 Å². The maximum atomic E-state index is 3.58. The summed E-state index contributed by atoms with van der Waals surface area (Å²) in [5.41, 5.74) is 1.22. The van der Waals surface area contributed by atoms with Crippen LogP contribution in [0.5, 0.6) is 0 Å². The minimum Gasteiger partial charge on any atom is -0.391 e. The molecule has 0 spiro atoms. The topological polar surface area (TPSA) is 12.0 Å². The molecule has 1 nitrogen and oxygen atoms in total. The van der Waals surface area contributed by atoms with E-state index < -0.39 is 0 Å².